The number of rotatable bonds is 2. The fourth-order valence-corrected chi connectivity index (χ4v) is 1.88. The van der Waals surface area contributed by atoms with Crippen molar-refractivity contribution in [2.24, 2.45) is 0 Å². The largest absolute Gasteiger partial charge is 0.497 e. The van der Waals surface area contributed by atoms with Gasteiger partial charge in [0.25, 0.3) is 0 Å². The van der Waals surface area contributed by atoms with Crippen molar-refractivity contribution < 1.29 is 4.74 Å². The number of aromatic nitrogens is 1. The number of nitrogens with one attached hydrogen (secondary N) is 1. The molecule has 0 atom stereocenters. The Morgan fingerprint density at radius 2 is 1.75 bits per heavy atom. The number of pyridine rings is 1. The van der Waals surface area contributed by atoms with Crippen LogP contribution < -0.4 is 4.74 Å². The molecule has 82 valence electrons. The molecule has 1 aromatic carbocycles. The van der Waals surface area contributed by atoms with E-state index < -0.39 is 0 Å². The summed E-state index contributed by atoms with van der Waals surface area (Å²) in [5.41, 5.74) is 3.40. The lowest BCUT2D eigenvalue weighted by Crippen LogP contribution is -1.88. The molecule has 0 amide bonds. The summed E-state index contributed by atoms with van der Waals surface area (Å²) in [6.45, 7) is 2.02. The van der Waals surface area contributed by atoms with Crippen LogP contribution in [-0.4, -0.2) is 12.1 Å². The number of ether oxygens (including phenoxy) is 1. The zero-order valence-electron chi connectivity index (χ0n) is 9.28. The second-order valence-electron chi connectivity index (χ2n) is 3.59. The van der Waals surface area contributed by atoms with E-state index in [4.69, 9.17) is 17.0 Å². The number of aryl methyl sites for hydroxylation is 1. The summed E-state index contributed by atoms with van der Waals surface area (Å²) in [4.78, 5) is 3.15. The first-order valence-electron chi connectivity index (χ1n) is 5.05. The smallest absolute Gasteiger partial charge is 0.118 e. The average molecular weight is 231 g/mol. The van der Waals surface area contributed by atoms with Crippen LogP contribution in [0.5, 0.6) is 5.75 Å². The van der Waals surface area contributed by atoms with Crippen molar-refractivity contribution in [2.45, 2.75) is 6.92 Å². The standard InChI is InChI=1S/C13H13NOS/c1-9-12(7-8-13(16)14-9)10-3-5-11(15-2)6-4-10/h3-8H,1-2H3,(H,14,16). The topological polar surface area (TPSA) is 25.0 Å². The molecule has 1 aromatic heterocycles. The van der Waals surface area contributed by atoms with E-state index in [1.165, 1.54) is 0 Å². The summed E-state index contributed by atoms with van der Waals surface area (Å²) < 4.78 is 5.89. The van der Waals surface area contributed by atoms with E-state index in [1.54, 1.807) is 7.11 Å². The van der Waals surface area contributed by atoms with Crippen LogP contribution >= 0.6 is 12.2 Å². The fourth-order valence-electron chi connectivity index (χ4n) is 1.66. The van der Waals surface area contributed by atoms with Crippen LogP contribution in [0.4, 0.5) is 0 Å². The van der Waals surface area contributed by atoms with Crippen LogP contribution in [0.1, 0.15) is 5.69 Å². The van der Waals surface area contributed by atoms with E-state index in [9.17, 15) is 0 Å². The molecule has 2 rings (SSSR count). The van der Waals surface area contributed by atoms with Crippen LogP contribution in [0.2, 0.25) is 0 Å². The van der Waals surface area contributed by atoms with Crippen LogP contribution in [0.15, 0.2) is 36.4 Å². The molecule has 0 radical (unpaired) electrons. The Balaban J connectivity index is 2.46. The normalized spacial score (nSPS) is 10.1. The van der Waals surface area contributed by atoms with Gasteiger partial charge in [0, 0.05) is 11.3 Å². The lowest BCUT2D eigenvalue weighted by molar-refractivity contribution is 0.415. The number of aromatic amines is 1. The van der Waals surface area contributed by atoms with Gasteiger partial charge < -0.3 is 9.72 Å². The van der Waals surface area contributed by atoms with Gasteiger partial charge >= 0.3 is 0 Å². The molecule has 0 unspecified atom stereocenters. The second-order valence-corrected chi connectivity index (χ2v) is 4.03. The van der Waals surface area contributed by atoms with Crippen molar-refractivity contribution in [3.63, 3.8) is 0 Å². The zero-order chi connectivity index (χ0) is 11.5. The molecule has 0 aliphatic heterocycles. The number of H-pyrrole nitrogens is 1. The predicted molar refractivity (Wildman–Crippen MR) is 68.4 cm³/mol. The molecule has 16 heavy (non-hydrogen) atoms. The van der Waals surface area contributed by atoms with Gasteiger partial charge in [-0.25, -0.2) is 0 Å². The van der Waals surface area contributed by atoms with E-state index in [0.29, 0.717) is 0 Å². The first kappa shape index (κ1) is 10.9. The Bertz CT molecular complexity index is 543. The van der Waals surface area contributed by atoms with Gasteiger partial charge in [-0.2, -0.15) is 0 Å². The molecule has 0 spiro atoms. The van der Waals surface area contributed by atoms with Gasteiger partial charge in [-0.15, -0.1) is 0 Å². The van der Waals surface area contributed by atoms with Gasteiger partial charge in [-0.1, -0.05) is 24.4 Å². The Labute approximate surface area is 99.9 Å². The molecule has 1 N–H and O–H groups in total. The third-order valence-electron chi connectivity index (χ3n) is 2.52. The van der Waals surface area contributed by atoms with E-state index >= 15 is 0 Å². The molecule has 0 saturated heterocycles. The SMILES string of the molecule is COc1ccc(-c2ccc(=S)[nH]c2C)cc1. The lowest BCUT2D eigenvalue weighted by atomic mass is 10.0. The average Bonchev–Trinajstić information content (AvgIpc) is 2.29. The van der Waals surface area contributed by atoms with Crippen molar-refractivity contribution in [1.82, 2.24) is 4.98 Å². The highest BCUT2D eigenvalue weighted by molar-refractivity contribution is 7.71. The summed E-state index contributed by atoms with van der Waals surface area (Å²) in [5, 5.41) is 0. The fraction of sp³-hybridized carbons (Fsp3) is 0.154. The molecular formula is C13H13NOS. The maximum atomic E-state index is 5.13. The predicted octanol–water partition coefficient (Wildman–Crippen LogP) is 3.73. The molecule has 0 saturated carbocycles. The minimum Gasteiger partial charge on any atom is -0.497 e. The molecular weight excluding hydrogens is 218 g/mol. The third kappa shape index (κ3) is 2.14. The monoisotopic (exact) mass is 231 g/mol. The first-order valence-corrected chi connectivity index (χ1v) is 5.46. The lowest BCUT2D eigenvalue weighted by Gasteiger charge is -2.06. The highest BCUT2D eigenvalue weighted by Crippen LogP contribution is 2.24. The summed E-state index contributed by atoms with van der Waals surface area (Å²) in [7, 11) is 1.67. The van der Waals surface area contributed by atoms with Crippen LogP contribution in [0.3, 0.4) is 0 Å². The highest BCUT2D eigenvalue weighted by atomic mass is 32.1. The summed E-state index contributed by atoms with van der Waals surface area (Å²) in [6, 6.07) is 11.9. The maximum Gasteiger partial charge on any atom is 0.118 e. The van der Waals surface area contributed by atoms with E-state index in [0.717, 1.165) is 27.2 Å². The van der Waals surface area contributed by atoms with Crippen molar-refractivity contribution in [3.8, 4) is 16.9 Å². The Morgan fingerprint density at radius 1 is 1.06 bits per heavy atom. The summed E-state index contributed by atoms with van der Waals surface area (Å²) in [6.07, 6.45) is 0. The Kier molecular flexibility index (Phi) is 3.06. The molecule has 3 heteroatoms. The summed E-state index contributed by atoms with van der Waals surface area (Å²) >= 11 is 5.07. The van der Waals surface area contributed by atoms with Crippen molar-refractivity contribution in [1.29, 1.82) is 0 Å². The highest BCUT2D eigenvalue weighted by Gasteiger charge is 2.01. The third-order valence-corrected chi connectivity index (χ3v) is 2.76. The quantitative estimate of drug-likeness (QED) is 0.797. The summed E-state index contributed by atoms with van der Waals surface area (Å²) in [5.74, 6) is 0.866. The van der Waals surface area contributed by atoms with E-state index in [1.807, 2.05) is 43.3 Å². The number of hydrogen-bond acceptors (Lipinski definition) is 2. The zero-order valence-corrected chi connectivity index (χ0v) is 10.1. The Morgan fingerprint density at radius 3 is 2.31 bits per heavy atom. The van der Waals surface area contributed by atoms with Gasteiger partial charge in [0.1, 0.15) is 10.4 Å². The maximum absolute atomic E-state index is 5.13. The second kappa shape index (κ2) is 4.49. The number of benzene rings is 1. The van der Waals surface area contributed by atoms with E-state index in [2.05, 4.69) is 4.98 Å². The molecule has 0 aliphatic carbocycles. The van der Waals surface area contributed by atoms with Crippen LogP contribution in [-0.2, 0) is 0 Å². The van der Waals surface area contributed by atoms with Gasteiger partial charge in [0.15, 0.2) is 0 Å². The van der Waals surface area contributed by atoms with Gasteiger partial charge in [0.05, 0.1) is 7.11 Å². The van der Waals surface area contributed by atoms with Gasteiger partial charge in [-0.3, -0.25) is 0 Å². The van der Waals surface area contributed by atoms with Crippen LogP contribution in [0, 0.1) is 11.6 Å². The molecule has 0 bridgehead atoms. The molecule has 1 heterocycles. The molecule has 0 aliphatic rings. The molecule has 0 fully saturated rings. The molecule has 2 nitrogen and oxygen atoms in total. The van der Waals surface area contributed by atoms with Crippen molar-refractivity contribution >= 4 is 12.2 Å². The van der Waals surface area contributed by atoms with Gasteiger partial charge in [0.2, 0.25) is 0 Å². The number of hydrogen-bond donors (Lipinski definition) is 1. The molecule has 2 aromatic rings. The van der Waals surface area contributed by atoms with E-state index in [-0.39, 0.29) is 0 Å². The van der Waals surface area contributed by atoms with Gasteiger partial charge in [-0.05, 0) is 36.8 Å². The minimum atomic E-state index is 0.759. The Hall–Kier alpha value is -1.61. The number of methoxy groups -OCH3 is 1. The van der Waals surface area contributed by atoms with Crippen molar-refractivity contribution in [3.05, 3.63) is 46.7 Å². The first-order chi connectivity index (χ1) is 7.70. The van der Waals surface area contributed by atoms with Crippen molar-refractivity contribution in [2.75, 3.05) is 7.11 Å². The van der Waals surface area contributed by atoms with Crippen LogP contribution in [0.25, 0.3) is 11.1 Å². The minimum absolute atomic E-state index is 0.759.